The third-order valence-electron chi connectivity index (χ3n) is 2.97. The van der Waals surface area contributed by atoms with E-state index in [4.69, 9.17) is 5.73 Å². The summed E-state index contributed by atoms with van der Waals surface area (Å²) in [6.07, 6.45) is 5.28. The first-order valence-electron chi connectivity index (χ1n) is 6.53. The highest BCUT2D eigenvalue weighted by Crippen LogP contribution is 2.26. The molecule has 0 atom stereocenters. The molecule has 6 heteroatoms. The van der Waals surface area contributed by atoms with Crippen molar-refractivity contribution in [2.24, 2.45) is 16.6 Å². The average Bonchev–Trinajstić information content (AvgIpc) is 2.24. The molecular weight excluding hydrogens is 343 g/mol. The summed E-state index contributed by atoms with van der Waals surface area (Å²) in [7, 11) is 0. The molecule has 1 saturated carbocycles. The molecule has 0 bridgehead atoms. The number of hydrogen-bond donors (Lipinski definition) is 3. The van der Waals surface area contributed by atoms with Crippen LogP contribution >= 0.6 is 24.0 Å². The zero-order valence-corrected chi connectivity index (χ0v) is 13.4. The first-order chi connectivity index (χ1) is 8.22. The number of aliphatic imine (C=N–C) groups is 1. The summed E-state index contributed by atoms with van der Waals surface area (Å²) in [4.78, 5) is 15.5. The summed E-state index contributed by atoms with van der Waals surface area (Å²) in [5.74, 6) is 1.24. The molecule has 0 aliphatic heterocycles. The van der Waals surface area contributed by atoms with Crippen LogP contribution in [0.25, 0.3) is 0 Å². The average molecular weight is 368 g/mol. The van der Waals surface area contributed by atoms with E-state index in [0.717, 1.165) is 25.4 Å². The molecule has 0 spiro atoms. The fourth-order valence-corrected chi connectivity index (χ4v) is 1.62. The lowest BCUT2D eigenvalue weighted by atomic mass is 9.86. The number of rotatable bonds is 7. The third kappa shape index (κ3) is 7.73. The maximum Gasteiger partial charge on any atom is 0.221 e. The summed E-state index contributed by atoms with van der Waals surface area (Å²) in [6.45, 7) is 4.14. The van der Waals surface area contributed by atoms with E-state index in [2.05, 4.69) is 15.6 Å². The van der Waals surface area contributed by atoms with Crippen LogP contribution in [0, 0.1) is 5.92 Å². The van der Waals surface area contributed by atoms with Gasteiger partial charge in [0.25, 0.3) is 0 Å². The highest BCUT2D eigenvalue weighted by Gasteiger charge is 2.16. The maximum absolute atomic E-state index is 11.3. The molecule has 106 valence electrons. The fraction of sp³-hybridized carbons (Fsp3) is 0.833. The molecule has 1 aliphatic rings. The van der Waals surface area contributed by atoms with Crippen LogP contribution in [-0.4, -0.2) is 31.5 Å². The number of carbonyl (C=O) groups is 1. The summed E-state index contributed by atoms with van der Waals surface area (Å²) in [5.41, 5.74) is 5.69. The molecule has 4 N–H and O–H groups in total. The molecule has 0 aromatic heterocycles. The molecule has 5 nitrogen and oxygen atoms in total. The molecule has 0 radical (unpaired) electrons. The lowest BCUT2D eigenvalue weighted by Gasteiger charge is -2.23. The minimum Gasteiger partial charge on any atom is -0.370 e. The Kier molecular flexibility index (Phi) is 10.1. The molecule has 0 unspecified atom stereocenters. The van der Waals surface area contributed by atoms with Gasteiger partial charge >= 0.3 is 0 Å². The maximum atomic E-state index is 11.3. The third-order valence-corrected chi connectivity index (χ3v) is 2.97. The van der Waals surface area contributed by atoms with Crippen molar-refractivity contribution in [3.8, 4) is 0 Å². The van der Waals surface area contributed by atoms with Crippen LogP contribution in [0.5, 0.6) is 0 Å². The van der Waals surface area contributed by atoms with Gasteiger partial charge in [0.05, 0.1) is 0 Å². The number of halogens is 1. The van der Waals surface area contributed by atoms with E-state index in [9.17, 15) is 4.79 Å². The van der Waals surface area contributed by atoms with Crippen molar-refractivity contribution in [2.45, 2.75) is 39.0 Å². The number of nitrogens with one attached hydrogen (secondary N) is 2. The van der Waals surface area contributed by atoms with Gasteiger partial charge < -0.3 is 16.4 Å². The van der Waals surface area contributed by atoms with Gasteiger partial charge in [-0.1, -0.05) is 13.3 Å². The van der Waals surface area contributed by atoms with E-state index in [1.54, 1.807) is 0 Å². The van der Waals surface area contributed by atoms with Gasteiger partial charge in [-0.25, -0.2) is 0 Å². The van der Waals surface area contributed by atoms with E-state index >= 15 is 0 Å². The Balaban J connectivity index is 0.00000289. The highest BCUT2D eigenvalue weighted by atomic mass is 127. The fourth-order valence-electron chi connectivity index (χ4n) is 1.62. The van der Waals surface area contributed by atoms with Crippen LogP contribution < -0.4 is 16.4 Å². The topological polar surface area (TPSA) is 79.5 Å². The van der Waals surface area contributed by atoms with Gasteiger partial charge in [-0.3, -0.25) is 9.79 Å². The van der Waals surface area contributed by atoms with E-state index in [0.29, 0.717) is 18.9 Å². The normalized spacial score (nSPS) is 15.5. The number of hydrogen-bond acceptors (Lipinski definition) is 2. The number of guanidine groups is 1. The molecule has 1 rings (SSSR count). The van der Waals surface area contributed by atoms with E-state index in [1.165, 1.54) is 19.3 Å². The highest BCUT2D eigenvalue weighted by molar-refractivity contribution is 14.0. The summed E-state index contributed by atoms with van der Waals surface area (Å²) < 4.78 is 0. The molecule has 1 aliphatic carbocycles. The molecule has 1 fully saturated rings. The molecular formula is C12H25IN4O. The van der Waals surface area contributed by atoms with Crippen molar-refractivity contribution in [1.29, 1.82) is 0 Å². The van der Waals surface area contributed by atoms with Gasteiger partial charge in [0.1, 0.15) is 0 Å². The monoisotopic (exact) mass is 368 g/mol. The van der Waals surface area contributed by atoms with E-state index in [-0.39, 0.29) is 29.9 Å². The van der Waals surface area contributed by atoms with Crippen LogP contribution in [-0.2, 0) is 4.79 Å². The largest absolute Gasteiger partial charge is 0.370 e. The van der Waals surface area contributed by atoms with Gasteiger partial charge in [-0.15, -0.1) is 24.0 Å². The summed E-state index contributed by atoms with van der Waals surface area (Å²) in [5, 5.41) is 5.78. The van der Waals surface area contributed by atoms with Crippen LogP contribution in [0.1, 0.15) is 39.0 Å². The summed E-state index contributed by atoms with van der Waals surface area (Å²) >= 11 is 0. The van der Waals surface area contributed by atoms with E-state index < -0.39 is 0 Å². The van der Waals surface area contributed by atoms with Crippen molar-refractivity contribution in [2.75, 3.05) is 19.6 Å². The smallest absolute Gasteiger partial charge is 0.221 e. The lowest BCUT2D eigenvalue weighted by Crippen LogP contribution is -2.36. The van der Waals surface area contributed by atoms with E-state index in [1.807, 2.05) is 6.92 Å². The second-order valence-corrected chi connectivity index (χ2v) is 4.55. The van der Waals surface area contributed by atoms with Crippen LogP contribution in [0.3, 0.4) is 0 Å². The van der Waals surface area contributed by atoms with Crippen molar-refractivity contribution in [1.82, 2.24) is 10.6 Å². The van der Waals surface area contributed by atoms with Crippen molar-refractivity contribution in [3.05, 3.63) is 0 Å². The molecule has 0 aromatic carbocycles. The minimum atomic E-state index is 0. The predicted octanol–water partition coefficient (Wildman–Crippen LogP) is 1.23. The van der Waals surface area contributed by atoms with Crippen LogP contribution in [0.2, 0.25) is 0 Å². The second kappa shape index (κ2) is 10.4. The standard InChI is InChI=1S/C12H24N4O.HI/c1-2-7-14-11(17)6-8-15-12(13)16-9-10-4-3-5-10;/h10H,2-9H2,1H3,(H,14,17)(H3,13,15,16);1H. The molecule has 0 aromatic rings. The molecule has 1 amide bonds. The lowest BCUT2D eigenvalue weighted by molar-refractivity contribution is -0.120. The zero-order chi connectivity index (χ0) is 12.5. The van der Waals surface area contributed by atoms with Gasteiger partial charge in [0.2, 0.25) is 5.91 Å². The Labute approximate surface area is 126 Å². The zero-order valence-electron chi connectivity index (χ0n) is 11.1. The van der Waals surface area contributed by atoms with Crippen molar-refractivity contribution >= 4 is 35.8 Å². The number of nitrogens with two attached hydrogens (primary N) is 1. The second-order valence-electron chi connectivity index (χ2n) is 4.55. The van der Waals surface area contributed by atoms with Gasteiger partial charge in [-0.2, -0.15) is 0 Å². The SMILES string of the molecule is CCCNC(=O)CCNC(N)=NCC1CCC1.I. The number of amides is 1. The first-order valence-corrected chi connectivity index (χ1v) is 6.53. The van der Waals surface area contributed by atoms with Gasteiger partial charge in [-0.05, 0) is 25.2 Å². The van der Waals surface area contributed by atoms with Crippen molar-refractivity contribution < 1.29 is 4.79 Å². The first kappa shape index (κ1) is 17.5. The summed E-state index contributed by atoms with van der Waals surface area (Å²) in [6, 6.07) is 0. The molecule has 0 saturated heterocycles. The molecule has 18 heavy (non-hydrogen) atoms. The Bertz CT molecular complexity index is 267. The minimum absolute atomic E-state index is 0. The quantitative estimate of drug-likeness (QED) is 0.359. The Morgan fingerprint density at radius 2 is 2.06 bits per heavy atom. The molecule has 0 heterocycles. The van der Waals surface area contributed by atoms with Gasteiger partial charge in [0, 0.05) is 26.1 Å². The number of carbonyl (C=O) groups excluding carboxylic acids is 1. The Morgan fingerprint density at radius 3 is 2.61 bits per heavy atom. The number of nitrogens with zero attached hydrogens (tertiary/aromatic N) is 1. The Morgan fingerprint density at radius 1 is 1.33 bits per heavy atom. The van der Waals surface area contributed by atoms with Crippen LogP contribution in [0.4, 0.5) is 0 Å². The van der Waals surface area contributed by atoms with Crippen molar-refractivity contribution in [3.63, 3.8) is 0 Å². The van der Waals surface area contributed by atoms with Gasteiger partial charge in [0.15, 0.2) is 5.96 Å². The Hall–Kier alpha value is -0.530. The van der Waals surface area contributed by atoms with Crippen LogP contribution in [0.15, 0.2) is 4.99 Å². The predicted molar refractivity (Wildman–Crippen MR) is 85.2 cm³/mol.